The van der Waals surface area contributed by atoms with Gasteiger partial charge >= 0.3 is 0 Å². The minimum atomic E-state index is 1.03. The highest BCUT2D eigenvalue weighted by molar-refractivity contribution is 6.10. The summed E-state index contributed by atoms with van der Waals surface area (Å²) in [5.74, 6) is 0. The van der Waals surface area contributed by atoms with Crippen molar-refractivity contribution < 1.29 is 0 Å². The minimum Gasteiger partial charge on any atom is -0.309 e. The molecule has 2 aromatic heterocycles. The summed E-state index contributed by atoms with van der Waals surface area (Å²) >= 11 is 0. The van der Waals surface area contributed by atoms with Gasteiger partial charge in [0.1, 0.15) is 0 Å². The first-order valence-corrected chi connectivity index (χ1v) is 19.8. The zero-order valence-electron chi connectivity index (χ0n) is 32.5. The Hall–Kier alpha value is -7.03. The van der Waals surface area contributed by atoms with E-state index in [1.54, 1.807) is 0 Å². The lowest BCUT2D eigenvalue weighted by molar-refractivity contribution is 1.18. The summed E-state index contributed by atoms with van der Waals surface area (Å²) in [6.45, 7) is 6.46. The van der Waals surface area contributed by atoms with Crippen molar-refractivity contribution in [1.82, 2.24) is 9.55 Å². The maximum Gasteiger partial charge on any atom is 0.0711 e. The Balaban J connectivity index is 0.000000146. The first kappa shape index (κ1) is 34.5. The van der Waals surface area contributed by atoms with Crippen molar-refractivity contribution in [3.05, 3.63) is 216 Å². The summed E-state index contributed by atoms with van der Waals surface area (Å²) in [6, 6.07) is 67.8. The van der Waals surface area contributed by atoms with Crippen molar-refractivity contribution in [3.63, 3.8) is 0 Å². The van der Waals surface area contributed by atoms with Crippen molar-refractivity contribution in [2.24, 2.45) is 0 Å². The standard InChI is InChI=1S/C32H25N.C23H17N/c1-22-10-6-7-13-27(22)30-20-24(17-16-23(30)2)25-18-19-29-28-14-8-9-15-31(28)33(32(29)21-25)26-11-4-3-5-12-26;1-15-13-21(19-10-4-5-12-22(19)24-15)20-11-6-8-17-14-16-7-2-3-9-18(16)23(17)20/h3-21H,1-2H3;2-13H,14H2,1H3. The molecule has 0 saturated heterocycles. The third kappa shape index (κ3) is 6.11. The second-order valence-corrected chi connectivity index (χ2v) is 15.3. The van der Waals surface area contributed by atoms with E-state index in [0.717, 1.165) is 17.6 Å². The zero-order chi connectivity index (χ0) is 38.5. The Labute approximate surface area is 334 Å². The number of aryl methyl sites for hydroxylation is 3. The number of para-hydroxylation sites is 3. The fourth-order valence-corrected chi connectivity index (χ4v) is 8.92. The van der Waals surface area contributed by atoms with Gasteiger partial charge in [-0.25, -0.2) is 0 Å². The Bertz CT molecular complexity index is 3130. The first-order valence-electron chi connectivity index (χ1n) is 19.8. The molecule has 0 saturated carbocycles. The van der Waals surface area contributed by atoms with E-state index >= 15 is 0 Å². The van der Waals surface area contributed by atoms with E-state index < -0.39 is 0 Å². The molecule has 0 spiro atoms. The van der Waals surface area contributed by atoms with Crippen LogP contribution in [0.15, 0.2) is 188 Å². The predicted octanol–water partition coefficient (Wildman–Crippen LogP) is 14.5. The average Bonchev–Trinajstić information content (AvgIpc) is 3.80. The smallest absolute Gasteiger partial charge is 0.0711 e. The fourth-order valence-electron chi connectivity index (χ4n) is 8.92. The van der Waals surface area contributed by atoms with E-state index in [1.807, 2.05) is 0 Å². The maximum atomic E-state index is 4.70. The van der Waals surface area contributed by atoms with E-state index in [2.05, 4.69) is 213 Å². The Kier molecular flexibility index (Phi) is 8.61. The van der Waals surface area contributed by atoms with Gasteiger partial charge in [0, 0.05) is 27.5 Å². The molecule has 1 aliphatic carbocycles. The van der Waals surface area contributed by atoms with Crippen LogP contribution in [0.25, 0.3) is 82.9 Å². The quantitative estimate of drug-likeness (QED) is 0.176. The Morgan fingerprint density at radius 1 is 0.404 bits per heavy atom. The van der Waals surface area contributed by atoms with E-state index in [-0.39, 0.29) is 0 Å². The summed E-state index contributed by atoms with van der Waals surface area (Å²) in [7, 11) is 0. The lowest BCUT2D eigenvalue weighted by Crippen LogP contribution is -1.93. The van der Waals surface area contributed by atoms with Crippen molar-refractivity contribution in [2.75, 3.05) is 0 Å². The van der Waals surface area contributed by atoms with E-state index in [0.29, 0.717) is 0 Å². The first-order chi connectivity index (χ1) is 28.0. The fraction of sp³-hybridized carbons (Fsp3) is 0.0727. The molecule has 2 heteroatoms. The summed E-state index contributed by atoms with van der Waals surface area (Å²) in [5, 5.41) is 3.79. The lowest BCUT2D eigenvalue weighted by atomic mass is 9.92. The second kappa shape index (κ2) is 14.2. The SMILES string of the molecule is Cc1cc(-c2cccc3c2-c2ccccc2C3)c2ccccc2n1.Cc1ccccc1-c1cc(-c2ccc3c4ccccc4n(-c4ccccc4)c3c2)ccc1C. The third-order valence-electron chi connectivity index (χ3n) is 11.6. The summed E-state index contributed by atoms with van der Waals surface area (Å²) in [5.41, 5.74) is 21.7. The molecule has 57 heavy (non-hydrogen) atoms. The zero-order valence-corrected chi connectivity index (χ0v) is 32.5. The molecule has 11 rings (SSSR count). The minimum absolute atomic E-state index is 1.03. The van der Waals surface area contributed by atoms with Crippen LogP contribution in [0.4, 0.5) is 0 Å². The highest BCUT2D eigenvalue weighted by Crippen LogP contribution is 2.44. The average molecular weight is 731 g/mol. The molecule has 0 bridgehead atoms. The highest BCUT2D eigenvalue weighted by Gasteiger charge is 2.22. The van der Waals surface area contributed by atoms with Crippen LogP contribution in [0.1, 0.15) is 27.9 Å². The number of hydrogen-bond donors (Lipinski definition) is 0. The molecule has 2 nitrogen and oxygen atoms in total. The van der Waals surface area contributed by atoms with Crippen LogP contribution in [0.2, 0.25) is 0 Å². The molecule has 0 N–H and O–H groups in total. The predicted molar refractivity (Wildman–Crippen MR) is 241 cm³/mol. The van der Waals surface area contributed by atoms with Crippen LogP contribution in [0.3, 0.4) is 0 Å². The molecule has 0 amide bonds. The van der Waals surface area contributed by atoms with Gasteiger partial charge in [-0.05, 0) is 136 Å². The van der Waals surface area contributed by atoms with Gasteiger partial charge < -0.3 is 4.57 Å². The normalized spacial score (nSPS) is 11.7. The van der Waals surface area contributed by atoms with Gasteiger partial charge in [-0.1, -0.05) is 146 Å². The van der Waals surface area contributed by atoms with Gasteiger partial charge in [0.05, 0.1) is 16.6 Å². The molecule has 2 heterocycles. The number of rotatable bonds is 4. The summed E-state index contributed by atoms with van der Waals surface area (Å²) in [4.78, 5) is 4.70. The molecule has 10 aromatic rings. The second-order valence-electron chi connectivity index (χ2n) is 15.3. The molecular formula is C55H42N2. The molecule has 1 aliphatic rings. The number of fused-ring (bicyclic) bond motifs is 7. The van der Waals surface area contributed by atoms with Crippen LogP contribution in [-0.2, 0) is 6.42 Å². The number of benzene rings is 8. The summed E-state index contributed by atoms with van der Waals surface area (Å²) in [6.07, 6.45) is 1.03. The molecule has 0 unspecified atom stereocenters. The van der Waals surface area contributed by atoms with Gasteiger partial charge in [-0.2, -0.15) is 0 Å². The molecular weight excluding hydrogens is 689 g/mol. The lowest BCUT2D eigenvalue weighted by Gasteiger charge is -2.13. The number of nitrogens with zero attached hydrogens (tertiary/aromatic N) is 2. The Morgan fingerprint density at radius 3 is 1.89 bits per heavy atom. The topological polar surface area (TPSA) is 17.8 Å². The van der Waals surface area contributed by atoms with Crippen molar-refractivity contribution in [2.45, 2.75) is 27.2 Å². The van der Waals surface area contributed by atoms with Gasteiger partial charge in [-0.15, -0.1) is 0 Å². The van der Waals surface area contributed by atoms with Gasteiger partial charge in [0.15, 0.2) is 0 Å². The van der Waals surface area contributed by atoms with Crippen molar-refractivity contribution >= 4 is 32.7 Å². The van der Waals surface area contributed by atoms with Crippen molar-refractivity contribution in [1.29, 1.82) is 0 Å². The molecule has 8 aromatic carbocycles. The summed E-state index contributed by atoms with van der Waals surface area (Å²) < 4.78 is 2.38. The molecule has 0 radical (unpaired) electrons. The number of pyridine rings is 1. The largest absolute Gasteiger partial charge is 0.309 e. The third-order valence-corrected chi connectivity index (χ3v) is 11.6. The number of aromatic nitrogens is 2. The van der Waals surface area contributed by atoms with Crippen LogP contribution < -0.4 is 0 Å². The van der Waals surface area contributed by atoms with Gasteiger partial charge in [-0.3, -0.25) is 4.98 Å². The van der Waals surface area contributed by atoms with Crippen LogP contribution in [0.5, 0.6) is 0 Å². The maximum absolute atomic E-state index is 4.70. The van der Waals surface area contributed by atoms with Crippen LogP contribution in [0, 0.1) is 20.8 Å². The molecule has 0 atom stereocenters. The van der Waals surface area contributed by atoms with E-state index in [4.69, 9.17) is 4.98 Å². The molecule has 0 fully saturated rings. The van der Waals surface area contributed by atoms with E-state index in [9.17, 15) is 0 Å². The molecule has 272 valence electrons. The van der Waals surface area contributed by atoms with E-state index in [1.165, 1.54) is 99.6 Å². The molecule has 0 aliphatic heterocycles. The monoisotopic (exact) mass is 730 g/mol. The van der Waals surface area contributed by atoms with Crippen molar-refractivity contribution in [3.8, 4) is 50.2 Å². The highest BCUT2D eigenvalue weighted by atomic mass is 15.0. The van der Waals surface area contributed by atoms with Gasteiger partial charge in [0.25, 0.3) is 0 Å². The van der Waals surface area contributed by atoms with Gasteiger partial charge in [0.2, 0.25) is 0 Å². The number of hydrogen-bond acceptors (Lipinski definition) is 1. The van der Waals surface area contributed by atoms with Crippen LogP contribution in [-0.4, -0.2) is 9.55 Å². The van der Waals surface area contributed by atoms with Crippen LogP contribution >= 0.6 is 0 Å². The Morgan fingerprint density at radius 2 is 1.04 bits per heavy atom.